The fraction of sp³-hybridized carbons (Fsp3) is 0.552. The van der Waals surface area contributed by atoms with E-state index in [9.17, 15) is 0 Å². The Hall–Kier alpha value is -3.08. The van der Waals surface area contributed by atoms with Crippen molar-refractivity contribution in [3.05, 3.63) is 42.5 Å². The lowest BCUT2D eigenvalue weighted by atomic mass is 10.0. The molecule has 2 aliphatic rings. The van der Waals surface area contributed by atoms with Crippen molar-refractivity contribution in [2.24, 2.45) is 0 Å². The molecule has 0 spiro atoms. The lowest BCUT2D eigenvalue weighted by Crippen LogP contribution is -2.46. The summed E-state index contributed by atoms with van der Waals surface area (Å²) in [5.74, 6) is 0.889. The molecule has 0 amide bonds. The van der Waals surface area contributed by atoms with Crippen molar-refractivity contribution >= 4 is 5.82 Å². The number of rotatable bonds is 8. The molecule has 9 nitrogen and oxygen atoms in total. The molecule has 10 heteroatoms. The fourth-order valence-corrected chi connectivity index (χ4v) is 5.23. The highest BCUT2D eigenvalue weighted by atomic mass is 19.1. The van der Waals surface area contributed by atoms with Gasteiger partial charge in [-0.3, -0.25) is 4.90 Å². The number of ether oxygens (including phenoxy) is 3. The number of hydrogen-bond acceptors (Lipinski definition) is 8. The average molecular weight is 539 g/mol. The van der Waals surface area contributed by atoms with Crippen LogP contribution in [-0.4, -0.2) is 77.1 Å². The van der Waals surface area contributed by atoms with Gasteiger partial charge in [0.1, 0.15) is 17.8 Å². The SMILES string of the molecule is COCOc1cc(-c2cnn(C3CCCCO3)c2)c(F)cc1-c1ccc(N2CC[C@H](N(C)C(C)(C)C)C2)nn1. The molecule has 0 N–H and O–H groups in total. The van der Waals surface area contributed by atoms with Crippen LogP contribution in [0.25, 0.3) is 22.4 Å². The standard InChI is InChI=1S/C29H39FN6O3/c1-29(2,3)34(4)21-11-12-35(18-21)27-10-9-25(32-33-27)23-14-24(30)22(15-26(23)39-19-37-5)20-16-31-36(17-20)28-8-6-7-13-38-28/h9-10,14-17,21,28H,6-8,11-13,18-19H2,1-5H3/t21-,28?/m0/s1. The maximum absolute atomic E-state index is 15.5. The Kier molecular flexibility index (Phi) is 8.16. The van der Waals surface area contributed by atoms with E-state index in [0.29, 0.717) is 40.8 Å². The van der Waals surface area contributed by atoms with Gasteiger partial charge in [-0.1, -0.05) is 0 Å². The Labute approximate surface area is 229 Å². The molecule has 0 radical (unpaired) electrons. The third-order valence-corrected chi connectivity index (χ3v) is 7.78. The second-order valence-corrected chi connectivity index (χ2v) is 11.4. The Morgan fingerprint density at radius 1 is 1.13 bits per heavy atom. The summed E-state index contributed by atoms with van der Waals surface area (Å²) in [6, 6.07) is 7.40. The molecule has 4 heterocycles. The van der Waals surface area contributed by atoms with E-state index < -0.39 is 5.82 Å². The van der Waals surface area contributed by atoms with E-state index in [4.69, 9.17) is 14.2 Å². The van der Waals surface area contributed by atoms with E-state index in [0.717, 1.165) is 44.6 Å². The predicted octanol–water partition coefficient (Wildman–Crippen LogP) is 5.14. The van der Waals surface area contributed by atoms with Gasteiger partial charge >= 0.3 is 0 Å². The zero-order chi connectivity index (χ0) is 27.6. The normalized spacial score (nSPS) is 20.1. The molecule has 2 aliphatic heterocycles. The van der Waals surface area contributed by atoms with Gasteiger partial charge in [-0.15, -0.1) is 10.2 Å². The highest BCUT2D eigenvalue weighted by Gasteiger charge is 2.32. The van der Waals surface area contributed by atoms with Crippen molar-refractivity contribution in [3.63, 3.8) is 0 Å². The van der Waals surface area contributed by atoms with Crippen LogP contribution in [-0.2, 0) is 9.47 Å². The van der Waals surface area contributed by atoms with Crippen molar-refractivity contribution in [1.29, 1.82) is 0 Å². The van der Waals surface area contributed by atoms with Gasteiger partial charge in [0.05, 0.1) is 11.9 Å². The number of halogens is 1. The van der Waals surface area contributed by atoms with E-state index in [2.05, 4.69) is 52.9 Å². The van der Waals surface area contributed by atoms with E-state index in [1.807, 2.05) is 18.3 Å². The maximum atomic E-state index is 15.5. The summed E-state index contributed by atoms with van der Waals surface area (Å²) >= 11 is 0. The van der Waals surface area contributed by atoms with Crippen molar-refractivity contribution in [2.45, 2.75) is 64.3 Å². The van der Waals surface area contributed by atoms with Crippen LogP contribution in [0.1, 0.15) is 52.7 Å². The number of anilines is 1. The number of benzene rings is 1. The molecular formula is C29H39FN6O3. The first-order chi connectivity index (χ1) is 18.7. The minimum absolute atomic E-state index is 0.0230. The number of aromatic nitrogens is 4. The third-order valence-electron chi connectivity index (χ3n) is 7.78. The van der Waals surface area contributed by atoms with Crippen LogP contribution in [0.15, 0.2) is 36.7 Å². The van der Waals surface area contributed by atoms with Gasteiger partial charge in [-0.25, -0.2) is 9.07 Å². The summed E-state index contributed by atoms with van der Waals surface area (Å²) < 4.78 is 34.1. The van der Waals surface area contributed by atoms with Crippen LogP contribution in [0.5, 0.6) is 5.75 Å². The second-order valence-electron chi connectivity index (χ2n) is 11.4. The molecule has 2 aromatic heterocycles. The smallest absolute Gasteiger partial charge is 0.188 e. The van der Waals surface area contributed by atoms with Crippen LogP contribution in [0, 0.1) is 5.82 Å². The molecule has 1 unspecified atom stereocenters. The van der Waals surface area contributed by atoms with Crippen LogP contribution >= 0.6 is 0 Å². The molecule has 0 saturated carbocycles. The molecule has 2 atom stereocenters. The van der Waals surface area contributed by atoms with E-state index in [1.165, 1.54) is 6.07 Å². The number of hydrogen-bond donors (Lipinski definition) is 0. The van der Waals surface area contributed by atoms with Gasteiger partial charge in [-0.2, -0.15) is 5.10 Å². The molecule has 2 fully saturated rings. The fourth-order valence-electron chi connectivity index (χ4n) is 5.23. The highest BCUT2D eigenvalue weighted by molar-refractivity contribution is 5.75. The minimum atomic E-state index is -0.391. The molecule has 39 heavy (non-hydrogen) atoms. The van der Waals surface area contributed by atoms with E-state index in [1.54, 1.807) is 24.1 Å². The zero-order valence-electron chi connectivity index (χ0n) is 23.6. The largest absolute Gasteiger partial charge is 0.467 e. The lowest BCUT2D eigenvalue weighted by molar-refractivity contribution is -0.0394. The minimum Gasteiger partial charge on any atom is -0.467 e. The second kappa shape index (κ2) is 11.6. The van der Waals surface area contributed by atoms with Gasteiger partial charge < -0.3 is 19.1 Å². The molecule has 0 bridgehead atoms. The highest BCUT2D eigenvalue weighted by Crippen LogP contribution is 2.37. The predicted molar refractivity (Wildman–Crippen MR) is 148 cm³/mol. The molecule has 210 valence electrons. The first-order valence-corrected chi connectivity index (χ1v) is 13.7. The Morgan fingerprint density at radius 2 is 1.97 bits per heavy atom. The number of likely N-dealkylation sites (N-methyl/N-ethyl adjacent to an activating group) is 1. The summed E-state index contributed by atoms with van der Waals surface area (Å²) in [7, 11) is 3.73. The van der Waals surface area contributed by atoms with Crippen LogP contribution in [0.4, 0.5) is 10.2 Å². The van der Waals surface area contributed by atoms with Crippen LogP contribution in [0.2, 0.25) is 0 Å². The van der Waals surface area contributed by atoms with Gasteiger partial charge in [0.15, 0.2) is 12.6 Å². The summed E-state index contributed by atoms with van der Waals surface area (Å²) in [5, 5.41) is 13.4. The average Bonchev–Trinajstić information content (AvgIpc) is 3.63. The van der Waals surface area contributed by atoms with Gasteiger partial charge in [0.2, 0.25) is 0 Å². The summed E-state index contributed by atoms with van der Waals surface area (Å²) in [6.45, 7) is 9.25. The Bertz CT molecular complexity index is 1250. The molecular weight excluding hydrogens is 499 g/mol. The van der Waals surface area contributed by atoms with Crippen molar-refractivity contribution in [2.75, 3.05) is 45.5 Å². The van der Waals surface area contributed by atoms with Crippen LogP contribution in [0.3, 0.4) is 0 Å². The van der Waals surface area contributed by atoms with Crippen molar-refractivity contribution in [3.8, 4) is 28.1 Å². The van der Waals surface area contributed by atoms with Crippen molar-refractivity contribution in [1.82, 2.24) is 24.9 Å². The molecule has 3 aromatic rings. The molecule has 0 aliphatic carbocycles. The Balaban J connectivity index is 1.38. The topological polar surface area (TPSA) is 77.8 Å². The summed E-state index contributed by atoms with van der Waals surface area (Å²) in [5.41, 5.74) is 2.20. The third kappa shape index (κ3) is 6.08. The lowest BCUT2D eigenvalue weighted by Gasteiger charge is -2.36. The van der Waals surface area contributed by atoms with E-state index >= 15 is 4.39 Å². The number of nitrogens with zero attached hydrogens (tertiary/aromatic N) is 6. The maximum Gasteiger partial charge on any atom is 0.188 e. The molecule has 1 aromatic carbocycles. The van der Waals surface area contributed by atoms with E-state index in [-0.39, 0.29) is 18.6 Å². The van der Waals surface area contributed by atoms with Crippen LogP contribution < -0.4 is 9.64 Å². The first kappa shape index (κ1) is 27.5. The summed E-state index contributed by atoms with van der Waals surface area (Å²) in [6.07, 6.45) is 7.47. The molecule has 2 saturated heterocycles. The van der Waals surface area contributed by atoms with Gasteiger partial charge in [-0.05, 0) is 77.8 Å². The summed E-state index contributed by atoms with van der Waals surface area (Å²) in [4.78, 5) is 4.67. The van der Waals surface area contributed by atoms with Gasteiger partial charge in [0.25, 0.3) is 0 Å². The Morgan fingerprint density at radius 3 is 2.67 bits per heavy atom. The van der Waals surface area contributed by atoms with Gasteiger partial charge in [0, 0.05) is 61.3 Å². The first-order valence-electron chi connectivity index (χ1n) is 13.7. The quantitative estimate of drug-likeness (QED) is 0.365. The monoisotopic (exact) mass is 538 g/mol. The number of methoxy groups -OCH3 is 1. The zero-order valence-corrected chi connectivity index (χ0v) is 23.6. The molecule has 5 rings (SSSR count). The van der Waals surface area contributed by atoms with Crippen molar-refractivity contribution < 1.29 is 18.6 Å².